The van der Waals surface area contributed by atoms with E-state index in [1.165, 1.54) is 12.5 Å². The highest BCUT2D eigenvalue weighted by atomic mass is 28.2. The molecule has 0 saturated heterocycles. The van der Waals surface area contributed by atoms with Gasteiger partial charge < -0.3 is 14.2 Å². The van der Waals surface area contributed by atoms with Crippen molar-refractivity contribution in [1.82, 2.24) is 0 Å². The molecule has 0 aliphatic carbocycles. The van der Waals surface area contributed by atoms with Crippen molar-refractivity contribution in [2.75, 3.05) is 20.5 Å². The average molecular weight is 254 g/mol. The third-order valence-electron chi connectivity index (χ3n) is 2.49. The standard InChI is InChI=1S/C13H22O3Si/c1-14-13-6-4-12(5-7-13)10-16-11-15-8-3-9-17-2/h4-7H,3,8-11,17H2,1-2H3. The fourth-order valence-corrected chi connectivity index (χ4v) is 2.16. The Kier molecular flexibility index (Phi) is 7.71. The van der Waals surface area contributed by atoms with Crippen molar-refractivity contribution in [3.63, 3.8) is 0 Å². The number of benzene rings is 1. The first-order chi connectivity index (χ1) is 8.36. The fourth-order valence-electron chi connectivity index (χ4n) is 1.45. The molecule has 17 heavy (non-hydrogen) atoms. The van der Waals surface area contributed by atoms with Crippen LogP contribution in [0.5, 0.6) is 5.75 Å². The lowest BCUT2D eigenvalue weighted by Gasteiger charge is -2.06. The van der Waals surface area contributed by atoms with Gasteiger partial charge in [0.25, 0.3) is 0 Å². The Labute approximate surface area is 106 Å². The van der Waals surface area contributed by atoms with Gasteiger partial charge in [-0.05, 0) is 24.1 Å². The molecule has 1 aromatic carbocycles. The van der Waals surface area contributed by atoms with Crippen LogP contribution >= 0.6 is 0 Å². The van der Waals surface area contributed by atoms with E-state index < -0.39 is 0 Å². The molecule has 0 bridgehead atoms. The summed E-state index contributed by atoms with van der Waals surface area (Å²) in [5.41, 5.74) is 1.13. The van der Waals surface area contributed by atoms with Gasteiger partial charge in [0.2, 0.25) is 0 Å². The first-order valence-corrected chi connectivity index (χ1v) is 8.56. The molecule has 1 rings (SSSR count). The molecule has 0 aromatic heterocycles. The largest absolute Gasteiger partial charge is 0.497 e. The maximum absolute atomic E-state index is 5.42. The van der Waals surface area contributed by atoms with Crippen LogP contribution in [-0.2, 0) is 16.1 Å². The zero-order valence-corrected chi connectivity index (χ0v) is 12.2. The minimum atomic E-state index is 0.194. The maximum Gasteiger partial charge on any atom is 0.147 e. The molecule has 0 heterocycles. The van der Waals surface area contributed by atoms with Crippen LogP contribution in [0.3, 0.4) is 0 Å². The Bertz CT molecular complexity index is 287. The van der Waals surface area contributed by atoms with Gasteiger partial charge in [-0.15, -0.1) is 0 Å². The number of hydrogen-bond acceptors (Lipinski definition) is 3. The lowest BCUT2D eigenvalue weighted by Crippen LogP contribution is -2.02. The summed E-state index contributed by atoms with van der Waals surface area (Å²) >= 11 is 0. The van der Waals surface area contributed by atoms with Crippen molar-refractivity contribution >= 4 is 9.52 Å². The molecular weight excluding hydrogens is 232 g/mol. The van der Waals surface area contributed by atoms with Gasteiger partial charge in [-0.3, -0.25) is 0 Å². The van der Waals surface area contributed by atoms with E-state index >= 15 is 0 Å². The quantitative estimate of drug-likeness (QED) is 0.384. The van der Waals surface area contributed by atoms with Gasteiger partial charge in [-0.25, -0.2) is 0 Å². The van der Waals surface area contributed by atoms with Crippen molar-refractivity contribution in [3.05, 3.63) is 29.8 Å². The lowest BCUT2D eigenvalue weighted by atomic mass is 10.2. The van der Waals surface area contributed by atoms with Crippen LogP contribution < -0.4 is 4.74 Å². The van der Waals surface area contributed by atoms with Crippen LogP contribution in [0.25, 0.3) is 0 Å². The van der Waals surface area contributed by atoms with E-state index in [9.17, 15) is 0 Å². The van der Waals surface area contributed by atoms with Crippen LogP contribution in [-0.4, -0.2) is 30.0 Å². The van der Waals surface area contributed by atoms with Gasteiger partial charge in [-0.1, -0.05) is 24.7 Å². The second-order valence-corrected chi connectivity index (χ2v) is 5.64. The third-order valence-corrected chi connectivity index (χ3v) is 3.69. The number of methoxy groups -OCH3 is 1. The van der Waals surface area contributed by atoms with Gasteiger partial charge >= 0.3 is 0 Å². The molecule has 0 amide bonds. The molecule has 0 saturated carbocycles. The molecule has 0 N–H and O–H groups in total. The summed E-state index contributed by atoms with van der Waals surface area (Å²) < 4.78 is 15.9. The molecule has 1 aromatic rings. The van der Waals surface area contributed by atoms with Gasteiger partial charge in [0.05, 0.1) is 13.7 Å². The van der Waals surface area contributed by atoms with E-state index in [4.69, 9.17) is 14.2 Å². The minimum absolute atomic E-state index is 0.194. The zero-order valence-electron chi connectivity index (χ0n) is 10.8. The second kappa shape index (κ2) is 9.21. The first kappa shape index (κ1) is 14.2. The van der Waals surface area contributed by atoms with Crippen LogP contribution in [0, 0.1) is 0 Å². The molecule has 0 aliphatic rings. The van der Waals surface area contributed by atoms with Crippen molar-refractivity contribution in [3.8, 4) is 5.75 Å². The molecule has 3 nitrogen and oxygen atoms in total. The molecule has 0 aliphatic heterocycles. The van der Waals surface area contributed by atoms with Gasteiger partial charge in [0, 0.05) is 16.1 Å². The summed E-state index contributed by atoms with van der Waals surface area (Å²) in [7, 11) is 1.86. The minimum Gasteiger partial charge on any atom is -0.497 e. The van der Waals surface area contributed by atoms with E-state index in [-0.39, 0.29) is 9.52 Å². The van der Waals surface area contributed by atoms with E-state index in [0.29, 0.717) is 13.4 Å². The number of rotatable bonds is 9. The summed E-state index contributed by atoms with van der Waals surface area (Å²) in [5, 5.41) is 0. The molecule has 0 radical (unpaired) electrons. The van der Waals surface area contributed by atoms with Gasteiger partial charge in [0.1, 0.15) is 12.5 Å². The highest BCUT2D eigenvalue weighted by Gasteiger charge is 1.95. The summed E-state index contributed by atoms with van der Waals surface area (Å²) in [4.78, 5) is 0. The molecule has 0 fully saturated rings. The van der Waals surface area contributed by atoms with E-state index in [2.05, 4.69) is 6.55 Å². The smallest absolute Gasteiger partial charge is 0.147 e. The van der Waals surface area contributed by atoms with E-state index in [1.807, 2.05) is 24.3 Å². The van der Waals surface area contributed by atoms with Crippen LogP contribution in [0.1, 0.15) is 12.0 Å². The predicted molar refractivity (Wildman–Crippen MR) is 72.4 cm³/mol. The first-order valence-electron chi connectivity index (χ1n) is 6.15. The van der Waals surface area contributed by atoms with Crippen LogP contribution in [0.4, 0.5) is 0 Å². The van der Waals surface area contributed by atoms with Crippen molar-refractivity contribution in [2.24, 2.45) is 0 Å². The monoisotopic (exact) mass is 254 g/mol. The Balaban J connectivity index is 2.05. The average Bonchev–Trinajstić information content (AvgIpc) is 2.38. The van der Waals surface area contributed by atoms with E-state index in [0.717, 1.165) is 17.9 Å². The van der Waals surface area contributed by atoms with E-state index in [1.54, 1.807) is 7.11 Å². The Morgan fingerprint density at radius 1 is 1.12 bits per heavy atom. The predicted octanol–water partition coefficient (Wildman–Crippen LogP) is 2.21. The van der Waals surface area contributed by atoms with Crippen LogP contribution in [0.2, 0.25) is 12.6 Å². The zero-order chi connectivity index (χ0) is 12.3. The van der Waals surface area contributed by atoms with Gasteiger partial charge in [0.15, 0.2) is 0 Å². The third kappa shape index (κ3) is 6.46. The van der Waals surface area contributed by atoms with Crippen molar-refractivity contribution in [1.29, 1.82) is 0 Å². The molecule has 4 heteroatoms. The number of ether oxygens (including phenoxy) is 3. The SMILES string of the molecule is COc1ccc(COCOCCC[SiH2]C)cc1. The summed E-state index contributed by atoms with van der Waals surface area (Å²) in [6.07, 6.45) is 1.18. The molecular formula is C13H22O3Si. The topological polar surface area (TPSA) is 27.7 Å². The molecule has 0 atom stereocenters. The van der Waals surface area contributed by atoms with Crippen molar-refractivity contribution < 1.29 is 14.2 Å². The highest BCUT2D eigenvalue weighted by Crippen LogP contribution is 2.11. The summed E-state index contributed by atoms with van der Waals surface area (Å²) in [6.45, 7) is 4.12. The second-order valence-electron chi connectivity index (χ2n) is 3.93. The molecule has 0 unspecified atom stereocenters. The Hall–Kier alpha value is -0.843. The molecule has 96 valence electrons. The van der Waals surface area contributed by atoms with Gasteiger partial charge in [-0.2, -0.15) is 0 Å². The maximum atomic E-state index is 5.42. The Morgan fingerprint density at radius 3 is 2.53 bits per heavy atom. The highest BCUT2D eigenvalue weighted by molar-refractivity contribution is 6.33. The molecule has 0 spiro atoms. The lowest BCUT2D eigenvalue weighted by molar-refractivity contribution is -0.0611. The van der Waals surface area contributed by atoms with Crippen molar-refractivity contribution in [2.45, 2.75) is 25.6 Å². The summed E-state index contributed by atoms with van der Waals surface area (Å²) in [6, 6.07) is 9.23. The summed E-state index contributed by atoms with van der Waals surface area (Å²) in [5.74, 6) is 0.869. The number of hydrogen-bond donors (Lipinski definition) is 0. The normalized spacial score (nSPS) is 11.2. The fraction of sp³-hybridized carbons (Fsp3) is 0.538. The Morgan fingerprint density at radius 2 is 1.88 bits per heavy atom. The van der Waals surface area contributed by atoms with Crippen LogP contribution in [0.15, 0.2) is 24.3 Å².